The highest BCUT2D eigenvalue weighted by molar-refractivity contribution is 7.89. The van der Waals surface area contributed by atoms with Crippen LogP contribution < -0.4 is 10.1 Å². The first-order chi connectivity index (χ1) is 21.2. The molecule has 1 fully saturated rings. The number of carbonyl (C=O) groups excluding carboxylic acids is 2. The minimum absolute atomic E-state index is 0.173. The number of esters is 1. The van der Waals surface area contributed by atoms with Gasteiger partial charge in [0.15, 0.2) is 0 Å². The molecule has 232 valence electrons. The minimum atomic E-state index is -3.65. The lowest BCUT2D eigenvalue weighted by molar-refractivity contribution is -0.139. The van der Waals surface area contributed by atoms with Crippen molar-refractivity contribution in [1.82, 2.24) is 19.4 Å². The van der Waals surface area contributed by atoms with E-state index in [2.05, 4.69) is 10.2 Å². The van der Waals surface area contributed by atoms with Crippen molar-refractivity contribution in [3.63, 3.8) is 0 Å². The van der Waals surface area contributed by atoms with Crippen LogP contribution >= 0.6 is 0 Å². The molecule has 3 aromatic carbocycles. The normalized spacial score (nSPS) is 18.5. The number of likely N-dealkylation sites (N-methyl/N-ethyl adjacent to an activating group) is 1. The molecule has 0 radical (unpaired) electrons. The van der Waals surface area contributed by atoms with Gasteiger partial charge in [0, 0.05) is 38.9 Å². The van der Waals surface area contributed by atoms with Gasteiger partial charge in [-0.2, -0.15) is 4.31 Å². The van der Waals surface area contributed by atoms with Crippen LogP contribution in [-0.4, -0.2) is 80.9 Å². The number of ether oxygens (including phenoxy) is 2. The van der Waals surface area contributed by atoms with Crippen molar-refractivity contribution < 1.29 is 27.5 Å². The van der Waals surface area contributed by atoms with Crippen LogP contribution in [-0.2, 0) is 19.6 Å². The number of sulfonamides is 1. The predicted molar refractivity (Wildman–Crippen MR) is 167 cm³/mol. The maximum absolute atomic E-state index is 13.5. The molecule has 11 heteroatoms. The Kier molecular flexibility index (Phi) is 9.68. The van der Waals surface area contributed by atoms with Gasteiger partial charge < -0.3 is 14.8 Å². The maximum atomic E-state index is 13.5. The molecular weight excluding hydrogens is 580 g/mol. The quantitative estimate of drug-likeness (QED) is 0.347. The molecule has 0 spiro atoms. The number of aryl methyl sites for hydroxylation is 1. The third-order valence-corrected chi connectivity index (χ3v) is 9.74. The van der Waals surface area contributed by atoms with E-state index in [0.29, 0.717) is 54.4 Å². The number of benzene rings is 3. The first kappa shape index (κ1) is 31.2. The molecular formula is C33H38N4O6S. The molecule has 0 bridgehead atoms. The molecule has 0 aliphatic carbocycles. The van der Waals surface area contributed by atoms with Gasteiger partial charge in [-0.3, -0.25) is 9.80 Å². The van der Waals surface area contributed by atoms with E-state index in [1.165, 1.54) is 9.21 Å². The zero-order chi connectivity index (χ0) is 31.3. The van der Waals surface area contributed by atoms with Gasteiger partial charge in [0.2, 0.25) is 10.0 Å². The van der Waals surface area contributed by atoms with Crippen LogP contribution in [0, 0.1) is 6.92 Å². The monoisotopic (exact) mass is 618 g/mol. The lowest BCUT2D eigenvalue weighted by atomic mass is 9.94. The van der Waals surface area contributed by atoms with E-state index >= 15 is 0 Å². The lowest BCUT2D eigenvalue weighted by Gasteiger charge is -2.36. The first-order valence-corrected chi connectivity index (χ1v) is 16.2. The van der Waals surface area contributed by atoms with Crippen molar-refractivity contribution in [1.29, 1.82) is 0 Å². The Morgan fingerprint density at radius 1 is 0.932 bits per heavy atom. The van der Waals surface area contributed by atoms with Crippen molar-refractivity contribution in [2.24, 2.45) is 0 Å². The maximum Gasteiger partial charge on any atom is 0.338 e. The Hall–Kier alpha value is -4.19. The molecule has 2 aliphatic rings. The van der Waals surface area contributed by atoms with E-state index in [9.17, 15) is 18.0 Å². The molecule has 0 saturated carbocycles. The lowest BCUT2D eigenvalue weighted by Crippen LogP contribution is -2.49. The van der Waals surface area contributed by atoms with Crippen LogP contribution in [0.1, 0.15) is 30.5 Å². The van der Waals surface area contributed by atoms with Gasteiger partial charge in [0.05, 0.1) is 23.1 Å². The second-order valence-electron chi connectivity index (χ2n) is 10.9. The smallest absolute Gasteiger partial charge is 0.338 e. The highest BCUT2D eigenvalue weighted by atomic mass is 32.2. The average Bonchev–Trinajstić information content (AvgIpc) is 3.26. The highest BCUT2D eigenvalue weighted by Crippen LogP contribution is 2.34. The number of hydrogen-bond donors (Lipinski definition) is 1. The molecule has 1 atom stereocenters. The van der Waals surface area contributed by atoms with E-state index < -0.39 is 22.0 Å². The molecule has 1 N–H and O–H groups in total. The molecule has 3 aromatic rings. The minimum Gasteiger partial charge on any atom is -0.463 e. The zero-order valence-corrected chi connectivity index (χ0v) is 26.0. The summed E-state index contributed by atoms with van der Waals surface area (Å²) in [7, 11) is -2.02. The number of amides is 2. The molecule has 44 heavy (non-hydrogen) atoms. The molecule has 1 saturated heterocycles. The summed E-state index contributed by atoms with van der Waals surface area (Å²) in [6.45, 7) is 5.80. The largest absolute Gasteiger partial charge is 0.463 e. The topological polar surface area (TPSA) is 108 Å². The van der Waals surface area contributed by atoms with Crippen LogP contribution in [0.5, 0.6) is 11.5 Å². The molecule has 0 aromatic heterocycles. The van der Waals surface area contributed by atoms with Crippen LogP contribution in [0.2, 0.25) is 0 Å². The number of nitrogens with zero attached hydrogens (tertiary/aromatic N) is 3. The van der Waals surface area contributed by atoms with Gasteiger partial charge in [-0.15, -0.1) is 0 Å². The summed E-state index contributed by atoms with van der Waals surface area (Å²) < 4.78 is 39.8. The van der Waals surface area contributed by atoms with E-state index in [1.54, 1.807) is 44.3 Å². The number of rotatable bonds is 9. The molecule has 1 unspecified atom stereocenters. The Morgan fingerprint density at radius 2 is 1.66 bits per heavy atom. The number of hydrogen-bond acceptors (Lipinski definition) is 7. The van der Waals surface area contributed by atoms with Crippen LogP contribution in [0.25, 0.3) is 0 Å². The Bertz CT molecular complexity index is 1630. The van der Waals surface area contributed by atoms with Gasteiger partial charge >= 0.3 is 12.0 Å². The summed E-state index contributed by atoms with van der Waals surface area (Å²) in [6, 6.07) is 22.4. The van der Waals surface area contributed by atoms with Crippen LogP contribution in [0.3, 0.4) is 0 Å². The number of carbonyl (C=O) groups is 2. The number of nitrogens with one attached hydrogen (secondary N) is 1. The van der Waals surface area contributed by atoms with Crippen molar-refractivity contribution in [2.45, 2.75) is 31.2 Å². The third kappa shape index (κ3) is 6.96. The zero-order valence-electron chi connectivity index (χ0n) is 25.2. The van der Waals surface area contributed by atoms with Crippen molar-refractivity contribution in [3.8, 4) is 11.5 Å². The molecule has 10 nitrogen and oxygen atoms in total. The van der Waals surface area contributed by atoms with E-state index in [1.807, 2.05) is 55.5 Å². The van der Waals surface area contributed by atoms with E-state index in [0.717, 1.165) is 5.56 Å². The summed E-state index contributed by atoms with van der Waals surface area (Å²) in [4.78, 5) is 30.6. The summed E-state index contributed by atoms with van der Waals surface area (Å²) in [5.41, 5.74) is 2.51. The van der Waals surface area contributed by atoms with E-state index in [-0.39, 0.29) is 30.6 Å². The van der Waals surface area contributed by atoms with Crippen LogP contribution in [0.4, 0.5) is 4.79 Å². The molecule has 2 heterocycles. The van der Waals surface area contributed by atoms with Crippen molar-refractivity contribution >= 4 is 22.0 Å². The van der Waals surface area contributed by atoms with Gasteiger partial charge in [0.25, 0.3) is 0 Å². The second kappa shape index (κ2) is 13.6. The van der Waals surface area contributed by atoms with Crippen molar-refractivity contribution in [2.75, 3.05) is 46.4 Å². The Labute approximate surface area is 258 Å². The summed E-state index contributed by atoms with van der Waals surface area (Å²) >= 11 is 0. The van der Waals surface area contributed by atoms with Gasteiger partial charge in [-0.1, -0.05) is 48.0 Å². The van der Waals surface area contributed by atoms with Gasteiger partial charge in [-0.05, 0) is 68.8 Å². The SMILES string of the molecule is CCOC(=O)C1=C(CN2CCCN(S(=O)(=O)c3ccc(C)cc3)CC2)N(C)C(=O)NC1c1cccc(Oc2ccccc2)c1. The second-order valence-corrected chi connectivity index (χ2v) is 12.8. The standard InChI is InChI=1S/C33H38N4O6S/c1-4-42-32(38)30-29(23-36-18-9-19-37(21-20-36)44(40,41)28-16-14-24(2)15-17-28)35(3)33(39)34-31(30)25-10-8-13-27(22-25)43-26-11-6-5-7-12-26/h5-8,10-17,22,31H,4,9,18-21,23H2,1-3H3,(H,34,39). The van der Waals surface area contributed by atoms with E-state index in [4.69, 9.17) is 9.47 Å². The number of para-hydroxylation sites is 1. The van der Waals surface area contributed by atoms with Gasteiger partial charge in [-0.25, -0.2) is 18.0 Å². The Balaban J connectivity index is 1.42. The third-order valence-electron chi connectivity index (χ3n) is 7.82. The fraction of sp³-hybridized carbons (Fsp3) is 0.333. The fourth-order valence-electron chi connectivity index (χ4n) is 5.45. The predicted octanol–water partition coefficient (Wildman–Crippen LogP) is 4.70. The summed E-state index contributed by atoms with van der Waals surface area (Å²) in [5.74, 6) is 0.708. The molecule has 2 amide bonds. The first-order valence-electron chi connectivity index (χ1n) is 14.7. The van der Waals surface area contributed by atoms with Gasteiger partial charge in [0.1, 0.15) is 11.5 Å². The van der Waals surface area contributed by atoms with Crippen LogP contribution in [0.15, 0.2) is 95.0 Å². The highest BCUT2D eigenvalue weighted by Gasteiger charge is 2.38. The average molecular weight is 619 g/mol. The van der Waals surface area contributed by atoms with Crippen molar-refractivity contribution in [3.05, 3.63) is 101 Å². The summed E-state index contributed by atoms with van der Waals surface area (Å²) in [6.07, 6.45) is 0.603. The Morgan fingerprint density at radius 3 is 2.39 bits per heavy atom. The summed E-state index contributed by atoms with van der Waals surface area (Å²) in [5, 5.41) is 2.96. The fourth-order valence-corrected chi connectivity index (χ4v) is 6.92. The molecule has 2 aliphatic heterocycles. The molecule has 5 rings (SSSR count). The number of urea groups is 1.